The summed E-state index contributed by atoms with van der Waals surface area (Å²) < 4.78 is 0. The lowest BCUT2D eigenvalue weighted by Crippen LogP contribution is -2.34. The lowest BCUT2D eigenvalue weighted by molar-refractivity contribution is 0.217. The van der Waals surface area contributed by atoms with Crippen LogP contribution in [0.1, 0.15) is 174 Å². The third-order valence-corrected chi connectivity index (χ3v) is 7.42. The van der Waals surface area contributed by atoms with Gasteiger partial charge in [-0.2, -0.15) is 0 Å². The molecular formula is C31H65NO2. The van der Waals surface area contributed by atoms with E-state index in [1.54, 1.807) is 0 Å². The van der Waals surface area contributed by atoms with Crippen LogP contribution in [0, 0.1) is 0 Å². The van der Waals surface area contributed by atoms with Gasteiger partial charge in [-0.25, -0.2) is 0 Å². The molecule has 0 spiro atoms. The van der Waals surface area contributed by atoms with E-state index in [4.69, 9.17) is 5.11 Å². The molecule has 0 saturated carbocycles. The van der Waals surface area contributed by atoms with E-state index in [-0.39, 0.29) is 19.3 Å². The summed E-state index contributed by atoms with van der Waals surface area (Å²) in [5.74, 6) is 0. The molecule has 0 bridgehead atoms. The molecular weight excluding hydrogens is 418 g/mol. The Morgan fingerprint density at radius 1 is 0.441 bits per heavy atom. The van der Waals surface area contributed by atoms with E-state index in [0.29, 0.717) is 6.54 Å². The van der Waals surface area contributed by atoms with E-state index >= 15 is 0 Å². The zero-order valence-electron chi connectivity index (χ0n) is 23.5. The minimum absolute atomic E-state index is 0.149. The van der Waals surface area contributed by atoms with E-state index in [0.717, 1.165) is 6.42 Å². The van der Waals surface area contributed by atoms with E-state index in [1.165, 1.54) is 161 Å². The molecule has 3 heteroatoms. The molecule has 0 rings (SSSR count). The van der Waals surface area contributed by atoms with Crippen LogP contribution in [0.25, 0.3) is 0 Å². The summed E-state index contributed by atoms with van der Waals surface area (Å²) in [4.78, 5) is 0. The van der Waals surface area contributed by atoms with Gasteiger partial charge in [0.1, 0.15) is 0 Å². The number of aliphatic hydroxyl groups excluding tert-OH is 2. The van der Waals surface area contributed by atoms with Crippen LogP contribution in [0.5, 0.6) is 0 Å². The molecule has 0 aromatic carbocycles. The molecule has 0 aliphatic heterocycles. The zero-order valence-corrected chi connectivity index (χ0v) is 23.5. The van der Waals surface area contributed by atoms with Crippen molar-refractivity contribution in [2.45, 2.75) is 180 Å². The van der Waals surface area contributed by atoms with Gasteiger partial charge in [-0.05, 0) is 6.42 Å². The van der Waals surface area contributed by atoms with Crippen LogP contribution in [0.2, 0.25) is 0 Å². The average molecular weight is 484 g/mol. The number of hydrogen-bond donors (Lipinski definition) is 3. The number of rotatable bonds is 30. The van der Waals surface area contributed by atoms with Crippen molar-refractivity contribution < 1.29 is 10.2 Å². The van der Waals surface area contributed by atoms with Gasteiger partial charge in [-0.15, -0.1) is 0 Å². The molecule has 3 N–H and O–H groups in total. The molecule has 0 heterocycles. The fourth-order valence-corrected chi connectivity index (χ4v) is 5.06. The normalized spacial score (nSPS) is 12.4. The third-order valence-electron chi connectivity index (χ3n) is 7.42. The first-order valence-corrected chi connectivity index (χ1v) is 15.8. The Morgan fingerprint density at radius 2 is 0.735 bits per heavy atom. The summed E-state index contributed by atoms with van der Waals surface area (Å²) in [5.41, 5.74) is 0. The van der Waals surface area contributed by atoms with E-state index in [1.807, 2.05) is 0 Å². The number of unbranched alkanes of at least 4 members (excludes halogenated alkanes) is 24. The summed E-state index contributed by atoms with van der Waals surface area (Å²) in [6.45, 7) is 3.21. The number of hydrogen-bond acceptors (Lipinski definition) is 3. The highest BCUT2D eigenvalue weighted by molar-refractivity contribution is 4.65. The molecule has 0 aromatic rings. The van der Waals surface area contributed by atoms with Gasteiger partial charge in [0.25, 0.3) is 0 Å². The van der Waals surface area contributed by atoms with Gasteiger partial charge >= 0.3 is 0 Å². The minimum atomic E-state index is 0.149. The van der Waals surface area contributed by atoms with Crippen molar-refractivity contribution in [3.8, 4) is 0 Å². The Labute approximate surface area is 215 Å². The number of aliphatic hydroxyl groups is 2. The van der Waals surface area contributed by atoms with E-state index in [9.17, 15) is 5.11 Å². The van der Waals surface area contributed by atoms with Crippen molar-refractivity contribution in [1.82, 2.24) is 5.32 Å². The van der Waals surface area contributed by atoms with Crippen molar-refractivity contribution in [2.24, 2.45) is 0 Å². The Kier molecular flexibility index (Phi) is 30.8. The smallest absolute Gasteiger partial charge is 0.0584 e. The van der Waals surface area contributed by atoms with Gasteiger partial charge < -0.3 is 15.5 Å². The highest BCUT2D eigenvalue weighted by atomic mass is 16.3. The van der Waals surface area contributed by atoms with Crippen LogP contribution in [0.4, 0.5) is 0 Å². The maximum absolute atomic E-state index is 9.30. The van der Waals surface area contributed by atoms with Crippen molar-refractivity contribution >= 4 is 0 Å². The predicted octanol–water partition coefficient (Wildman–Crippen LogP) is 9.09. The summed E-state index contributed by atoms with van der Waals surface area (Å²) in [6, 6.07) is 0.164. The van der Waals surface area contributed by atoms with E-state index in [2.05, 4.69) is 12.2 Å². The minimum Gasteiger partial charge on any atom is -0.395 e. The van der Waals surface area contributed by atoms with Gasteiger partial charge in [0.15, 0.2) is 0 Å². The molecule has 0 aromatic heterocycles. The first-order valence-electron chi connectivity index (χ1n) is 15.8. The second-order valence-electron chi connectivity index (χ2n) is 10.8. The largest absolute Gasteiger partial charge is 0.395 e. The number of nitrogens with one attached hydrogen (secondary N) is 1. The topological polar surface area (TPSA) is 52.5 Å². The molecule has 0 amide bonds. The van der Waals surface area contributed by atoms with Gasteiger partial charge in [0, 0.05) is 12.6 Å². The second kappa shape index (κ2) is 30.9. The predicted molar refractivity (Wildman–Crippen MR) is 152 cm³/mol. The molecule has 0 radical (unpaired) electrons. The second-order valence-corrected chi connectivity index (χ2v) is 10.8. The maximum Gasteiger partial charge on any atom is 0.0584 e. The lowest BCUT2D eigenvalue weighted by Gasteiger charge is -2.15. The molecule has 1 atom stereocenters. The van der Waals surface area contributed by atoms with Gasteiger partial charge in [-0.3, -0.25) is 0 Å². The third kappa shape index (κ3) is 28.1. The molecule has 0 aliphatic carbocycles. The fraction of sp³-hybridized carbons (Fsp3) is 1.00. The van der Waals surface area contributed by atoms with Gasteiger partial charge in [0.2, 0.25) is 0 Å². The molecule has 0 fully saturated rings. The van der Waals surface area contributed by atoms with Crippen LogP contribution in [-0.4, -0.2) is 36.0 Å². The van der Waals surface area contributed by atoms with Crippen LogP contribution in [0.3, 0.4) is 0 Å². The molecule has 0 saturated heterocycles. The van der Waals surface area contributed by atoms with Crippen molar-refractivity contribution in [1.29, 1.82) is 0 Å². The summed E-state index contributed by atoms with van der Waals surface area (Å²) in [5, 5.41) is 21.3. The summed E-state index contributed by atoms with van der Waals surface area (Å²) in [6.07, 6.45) is 36.6. The zero-order chi connectivity index (χ0) is 24.8. The van der Waals surface area contributed by atoms with E-state index < -0.39 is 0 Å². The Bertz CT molecular complexity index is 350. The lowest BCUT2D eigenvalue weighted by atomic mass is 10.0. The highest BCUT2D eigenvalue weighted by Gasteiger charge is 2.05. The molecule has 3 nitrogen and oxygen atoms in total. The van der Waals surface area contributed by atoms with Crippen molar-refractivity contribution in [3.63, 3.8) is 0 Å². The maximum atomic E-state index is 9.30. The fourth-order valence-electron chi connectivity index (χ4n) is 5.06. The Hall–Kier alpha value is -0.120. The molecule has 34 heavy (non-hydrogen) atoms. The Balaban J connectivity index is 3.09. The average Bonchev–Trinajstić information content (AvgIpc) is 2.85. The monoisotopic (exact) mass is 484 g/mol. The van der Waals surface area contributed by atoms with Crippen molar-refractivity contribution in [2.75, 3.05) is 19.8 Å². The highest BCUT2D eigenvalue weighted by Crippen LogP contribution is 2.16. The quantitative estimate of drug-likeness (QED) is 0.0893. The van der Waals surface area contributed by atoms with Crippen LogP contribution < -0.4 is 5.32 Å². The summed E-state index contributed by atoms with van der Waals surface area (Å²) in [7, 11) is 0. The van der Waals surface area contributed by atoms with Crippen LogP contribution >= 0.6 is 0 Å². The summed E-state index contributed by atoms with van der Waals surface area (Å²) >= 11 is 0. The standard InChI is InChI=1S/C31H65NO2/c1-2-3-4-5-6-7-8-9-10-11-12-13-14-15-16-17-18-19-20-21-22-23-24-25-26-27-31(30-34)32-28-29-33/h31-34H,2-30H2,1H3. The van der Waals surface area contributed by atoms with Gasteiger partial charge in [-0.1, -0.05) is 167 Å². The van der Waals surface area contributed by atoms with Crippen molar-refractivity contribution in [3.05, 3.63) is 0 Å². The molecule has 0 aliphatic rings. The Morgan fingerprint density at radius 3 is 1.00 bits per heavy atom. The molecule has 206 valence electrons. The first-order chi connectivity index (χ1) is 16.8. The molecule has 1 unspecified atom stereocenters. The van der Waals surface area contributed by atoms with Gasteiger partial charge in [0.05, 0.1) is 13.2 Å². The SMILES string of the molecule is CCCCCCCCCCCCCCCCCCCCCCCCCCCC(CO)NCCO. The van der Waals surface area contributed by atoms with Crippen LogP contribution in [0.15, 0.2) is 0 Å². The first kappa shape index (κ1) is 33.9. The van der Waals surface area contributed by atoms with Crippen LogP contribution in [-0.2, 0) is 0 Å².